The van der Waals surface area contributed by atoms with Gasteiger partial charge in [0.25, 0.3) is 5.56 Å². The number of carbonyl (C=O) groups excluding carboxylic acids is 3. The van der Waals surface area contributed by atoms with Crippen molar-refractivity contribution in [2.75, 3.05) is 23.0 Å². The molecule has 0 spiro atoms. The van der Waals surface area contributed by atoms with Crippen LogP contribution in [0.25, 0.3) is 10.9 Å². The van der Waals surface area contributed by atoms with Crippen molar-refractivity contribution in [3.8, 4) is 5.75 Å². The zero-order valence-corrected chi connectivity index (χ0v) is 18.6. The Kier molecular flexibility index (Phi) is 6.00. The van der Waals surface area contributed by atoms with Gasteiger partial charge < -0.3 is 19.4 Å². The molecule has 2 heterocycles. The van der Waals surface area contributed by atoms with Gasteiger partial charge in [0.2, 0.25) is 5.91 Å². The second-order valence-electron chi connectivity index (χ2n) is 8.23. The first kappa shape index (κ1) is 22.3. The molecular weight excluding hydrogens is 422 g/mol. The minimum Gasteiger partial charge on any atom is -0.506 e. The molecule has 8 nitrogen and oxygen atoms in total. The predicted octanol–water partition coefficient (Wildman–Crippen LogP) is 3.00. The largest absolute Gasteiger partial charge is 0.506 e. The average molecular weight is 447 g/mol. The van der Waals surface area contributed by atoms with Gasteiger partial charge in [-0.1, -0.05) is 18.2 Å². The van der Waals surface area contributed by atoms with E-state index < -0.39 is 17.1 Å². The van der Waals surface area contributed by atoms with Crippen LogP contribution in [0.1, 0.15) is 36.5 Å². The van der Waals surface area contributed by atoms with Crippen molar-refractivity contribution >= 4 is 39.8 Å². The molecule has 0 bridgehead atoms. The third-order valence-electron chi connectivity index (χ3n) is 5.98. The fourth-order valence-corrected chi connectivity index (χ4v) is 4.11. The number of benzene rings is 2. The lowest BCUT2D eigenvalue weighted by Crippen LogP contribution is -2.48. The molecule has 0 aliphatic carbocycles. The molecule has 1 saturated heterocycles. The zero-order valence-electron chi connectivity index (χ0n) is 18.6. The summed E-state index contributed by atoms with van der Waals surface area (Å²) in [6.07, 6.45) is 0.179. The van der Waals surface area contributed by atoms with Gasteiger partial charge in [0.05, 0.1) is 12.2 Å². The second-order valence-corrected chi connectivity index (χ2v) is 8.23. The first-order valence-corrected chi connectivity index (χ1v) is 10.8. The number of rotatable bonds is 6. The highest BCUT2D eigenvalue weighted by molar-refractivity contribution is 6.05. The number of aryl methyl sites for hydroxylation is 1. The molecule has 3 aromatic rings. The van der Waals surface area contributed by atoms with Crippen LogP contribution < -0.4 is 15.4 Å². The summed E-state index contributed by atoms with van der Waals surface area (Å²) in [4.78, 5) is 53.1. The van der Waals surface area contributed by atoms with Gasteiger partial charge in [-0.3, -0.25) is 19.3 Å². The number of ketones is 2. The normalized spacial score (nSPS) is 14.1. The Morgan fingerprint density at radius 1 is 1.00 bits per heavy atom. The molecule has 0 unspecified atom stereocenters. The minimum absolute atomic E-state index is 0.00287. The van der Waals surface area contributed by atoms with Crippen molar-refractivity contribution in [3.05, 3.63) is 64.4 Å². The van der Waals surface area contributed by atoms with E-state index >= 15 is 0 Å². The molecule has 1 aliphatic heterocycles. The van der Waals surface area contributed by atoms with Crippen LogP contribution in [0.4, 0.5) is 11.4 Å². The minimum atomic E-state index is -0.620. The Morgan fingerprint density at radius 2 is 1.73 bits per heavy atom. The molecule has 1 fully saturated rings. The summed E-state index contributed by atoms with van der Waals surface area (Å²) >= 11 is 0. The van der Waals surface area contributed by atoms with E-state index in [4.69, 9.17) is 0 Å². The van der Waals surface area contributed by atoms with E-state index in [1.165, 1.54) is 18.5 Å². The first-order chi connectivity index (χ1) is 15.8. The summed E-state index contributed by atoms with van der Waals surface area (Å²) in [7, 11) is 1.52. The topological polar surface area (TPSA) is 99.9 Å². The standard InChI is InChI=1S/C25H25N3O5/c1-16(29)8-11-21(30)23-24(32)19-14-18(9-10-20(19)26(2)25(23)33)28-15-27(13-12-22(28)31)17-6-4-3-5-7-17/h3-7,9-10,14,32H,8,11-13,15H2,1-2H3. The van der Waals surface area contributed by atoms with E-state index in [0.717, 1.165) is 5.69 Å². The van der Waals surface area contributed by atoms with E-state index in [2.05, 4.69) is 4.90 Å². The Hall–Kier alpha value is -3.94. The van der Waals surface area contributed by atoms with Crippen molar-refractivity contribution in [3.63, 3.8) is 0 Å². The Labute approximate surface area is 190 Å². The van der Waals surface area contributed by atoms with E-state index in [-0.39, 0.29) is 30.1 Å². The van der Waals surface area contributed by atoms with Crippen molar-refractivity contribution < 1.29 is 19.5 Å². The number of aromatic nitrogens is 1. The average Bonchev–Trinajstić information content (AvgIpc) is 2.82. The fourth-order valence-electron chi connectivity index (χ4n) is 4.11. The van der Waals surface area contributed by atoms with Crippen LogP contribution in [-0.2, 0) is 16.6 Å². The van der Waals surface area contributed by atoms with Gasteiger partial charge in [-0.05, 0) is 37.3 Å². The van der Waals surface area contributed by atoms with Crippen LogP contribution in [0.3, 0.4) is 0 Å². The van der Waals surface area contributed by atoms with Gasteiger partial charge in [0.1, 0.15) is 17.1 Å². The fraction of sp³-hybridized carbons (Fsp3) is 0.280. The highest BCUT2D eigenvalue weighted by atomic mass is 16.3. The summed E-state index contributed by atoms with van der Waals surface area (Å²) in [6.45, 7) is 2.30. The van der Waals surface area contributed by atoms with E-state index in [1.807, 2.05) is 30.3 Å². The number of hydrogen-bond acceptors (Lipinski definition) is 6. The molecule has 1 amide bonds. The van der Waals surface area contributed by atoms with Crippen LogP contribution in [0, 0.1) is 0 Å². The SMILES string of the molecule is CC(=O)CCC(=O)c1c(O)c2cc(N3CN(c4ccccc4)CCC3=O)ccc2n(C)c1=O. The number of hydrogen-bond donors (Lipinski definition) is 1. The summed E-state index contributed by atoms with van der Waals surface area (Å²) < 4.78 is 1.30. The van der Waals surface area contributed by atoms with E-state index in [1.54, 1.807) is 23.1 Å². The number of fused-ring (bicyclic) bond motifs is 1. The van der Waals surface area contributed by atoms with Crippen LogP contribution in [0.5, 0.6) is 5.75 Å². The number of anilines is 2. The molecule has 8 heteroatoms. The summed E-state index contributed by atoms with van der Waals surface area (Å²) in [5.74, 6) is -1.23. The third kappa shape index (κ3) is 4.24. The number of nitrogens with zero attached hydrogens (tertiary/aromatic N) is 3. The van der Waals surface area contributed by atoms with Gasteiger partial charge in [-0.15, -0.1) is 0 Å². The molecule has 1 N–H and O–H groups in total. The summed E-state index contributed by atoms with van der Waals surface area (Å²) in [5.41, 5.74) is 1.04. The molecule has 170 valence electrons. The van der Waals surface area contributed by atoms with Crippen molar-refractivity contribution in [2.45, 2.75) is 26.2 Å². The lowest BCUT2D eigenvalue weighted by atomic mass is 10.0. The molecule has 4 rings (SSSR count). The maximum absolute atomic E-state index is 12.8. The van der Waals surface area contributed by atoms with Crippen molar-refractivity contribution in [2.24, 2.45) is 7.05 Å². The van der Waals surface area contributed by atoms with Crippen LogP contribution in [-0.4, -0.2) is 40.4 Å². The maximum Gasteiger partial charge on any atom is 0.265 e. The summed E-state index contributed by atoms with van der Waals surface area (Å²) in [6, 6.07) is 14.8. The Morgan fingerprint density at radius 3 is 2.42 bits per heavy atom. The lowest BCUT2D eigenvalue weighted by molar-refractivity contribution is -0.119. The predicted molar refractivity (Wildman–Crippen MR) is 126 cm³/mol. The molecule has 1 aromatic heterocycles. The quantitative estimate of drug-likeness (QED) is 0.583. The number of carbonyl (C=O) groups is 3. The second kappa shape index (κ2) is 8.90. The summed E-state index contributed by atoms with van der Waals surface area (Å²) in [5, 5.41) is 11.2. The van der Waals surface area contributed by atoms with E-state index in [9.17, 15) is 24.3 Å². The van der Waals surface area contributed by atoms with Crippen LogP contribution in [0.15, 0.2) is 53.3 Å². The Bertz CT molecular complexity index is 1310. The van der Waals surface area contributed by atoms with E-state index in [0.29, 0.717) is 36.2 Å². The molecule has 2 aromatic carbocycles. The van der Waals surface area contributed by atoms with Crippen LogP contribution >= 0.6 is 0 Å². The molecular formula is C25H25N3O5. The maximum atomic E-state index is 12.8. The van der Waals surface area contributed by atoms with Gasteiger partial charge in [0, 0.05) is 49.6 Å². The molecule has 1 aliphatic rings. The highest BCUT2D eigenvalue weighted by Gasteiger charge is 2.27. The number of Topliss-reactive ketones (excluding diaryl/α,β-unsaturated/α-hetero) is 2. The number of pyridine rings is 1. The number of aromatic hydroxyl groups is 1. The van der Waals surface area contributed by atoms with Crippen molar-refractivity contribution in [1.29, 1.82) is 0 Å². The monoisotopic (exact) mass is 447 g/mol. The van der Waals surface area contributed by atoms with Gasteiger partial charge >= 0.3 is 0 Å². The van der Waals surface area contributed by atoms with Crippen molar-refractivity contribution in [1.82, 2.24) is 4.57 Å². The first-order valence-electron chi connectivity index (χ1n) is 10.8. The van der Waals surface area contributed by atoms with Gasteiger partial charge in [-0.25, -0.2) is 0 Å². The van der Waals surface area contributed by atoms with Gasteiger partial charge in [0.15, 0.2) is 5.78 Å². The zero-order chi connectivity index (χ0) is 23.7. The number of amides is 1. The Balaban J connectivity index is 1.75. The molecule has 0 radical (unpaired) electrons. The third-order valence-corrected chi connectivity index (χ3v) is 5.98. The smallest absolute Gasteiger partial charge is 0.265 e. The molecule has 33 heavy (non-hydrogen) atoms. The highest BCUT2D eigenvalue weighted by Crippen LogP contribution is 2.32. The molecule has 0 atom stereocenters. The van der Waals surface area contributed by atoms with Gasteiger partial charge in [-0.2, -0.15) is 0 Å². The lowest BCUT2D eigenvalue weighted by Gasteiger charge is -2.37. The number of para-hydroxylation sites is 1. The van der Waals surface area contributed by atoms with Crippen LogP contribution in [0.2, 0.25) is 0 Å². The molecule has 0 saturated carbocycles.